The number of hydrogen-bond donors (Lipinski definition) is 2. The molecule has 4 rings (SSSR count). The molecule has 6 heteroatoms. The molecule has 29 heavy (non-hydrogen) atoms. The van der Waals surface area contributed by atoms with Gasteiger partial charge in [0.25, 0.3) is 5.91 Å². The number of ether oxygens (including phenoxy) is 1. The second-order valence-electron chi connectivity index (χ2n) is 7.42. The maximum absolute atomic E-state index is 12.9. The maximum Gasteiger partial charge on any atom is 0.253 e. The van der Waals surface area contributed by atoms with Crippen LogP contribution in [0.1, 0.15) is 28.8 Å². The number of aryl methyl sites for hydroxylation is 1. The molecule has 2 heterocycles. The van der Waals surface area contributed by atoms with E-state index < -0.39 is 0 Å². The van der Waals surface area contributed by atoms with Gasteiger partial charge in [0, 0.05) is 47.4 Å². The summed E-state index contributed by atoms with van der Waals surface area (Å²) in [5, 5.41) is 8.89. The number of nitrogens with zero attached hydrogens (tertiary/aromatic N) is 1. The molecular weight excluding hydrogens is 386 g/mol. The number of rotatable bonds is 5. The number of hydrogen-bond acceptors (Lipinski definition) is 4. The van der Waals surface area contributed by atoms with Crippen molar-refractivity contribution in [3.05, 3.63) is 64.8 Å². The smallest absolute Gasteiger partial charge is 0.253 e. The van der Waals surface area contributed by atoms with Gasteiger partial charge in [-0.3, -0.25) is 4.79 Å². The Kier molecular flexibility index (Phi) is 5.97. The van der Waals surface area contributed by atoms with Gasteiger partial charge in [0.05, 0.1) is 5.56 Å². The quantitative estimate of drug-likeness (QED) is 0.615. The molecule has 150 valence electrons. The van der Waals surface area contributed by atoms with Crippen molar-refractivity contribution >= 4 is 39.8 Å². The van der Waals surface area contributed by atoms with Gasteiger partial charge >= 0.3 is 0 Å². The predicted molar refractivity (Wildman–Crippen MR) is 117 cm³/mol. The summed E-state index contributed by atoms with van der Waals surface area (Å²) < 4.78 is 5.40. The second-order valence-corrected chi connectivity index (χ2v) is 7.86. The zero-order valence-electron chi connectivity index (χ0n) is 16.4. The molecule has 1 saturated heterocycles. The zero-order valence-corrected chi connectivity index (χ0v) is 17.1. The molecular formula is C23H24ClN3O2. The third-order valence-corrected chi connectivity index (χ3v) is 5.58. The second kappa shape index (κ2) is 8.80. The van der Waals surface area contributed by atoms with Crippen molar-refractivity contribution in [3.63, 3.8) is 0 Å². The van der Waals surface area contributed by atoms with E-state index in [4.69, 9.17) is 16.3 Å². The Morgan fingerprint density at radius 2 is 2.00 bits per heavy atom. The number of benzene rings is 2. The molecule has 1 fully saturated rings. The summed E-state index contributed by atoms with van der Waals surface area (Å²) in [6.07, 6.45) is 3.63. The van der Waals surface area contributed by atoms with Gasteiger partial charge in [-0.15, -0.1) is 0 Å². The van der Waals surface area contributed by atoms with Crippen molar-refractivity contribution < 1.29 is 9.53 Å². The molecule has 1 aliphatic heterocycles. The van der Waals surface area contributed by atoms with E-state index in [9.17, 15) is 4.79 Å². The van der Waals surface area contributed by atoms with Gasteiger partial charge in [-0.2, -0.15) is 0 Å². The lowest BCUT2D eigenvalue weighted by Gasteiger charge is -2.22. The number of pyridine rings is 1. The maximum atomic E-state index is 12.9. The number of carbonyl (C=O) groups excluding carboxylic acids is 1. The minimum Gasteiger partial charge on any atom is -0.381 e. The van der Waals surface area contributed by atoms with Crippen LogP contribution in [0.3, 0.4) is 0 Å². The predicted octanol–water partition coefficient (Wildman–Crippen LogP) is 5.10. The summed E-state index contributed by atoms with van der Waals surface area (Å²) in [7, 11) is 0. The van der Waals surface area contributed by atoms with Gasteiger partial charge in [-0.05, 0) is 49.4 Å². The van der Waals surface area contributed by atoms with Crippen LogP contribution in [0.15, 0.2) is 48.7 Å². The Morgan fingerprint density at radius 1 is 1.21 bits per heavy atom. The standard InChI is InChI=1S/C23H24ClN3O2/c1-15-4-2-7-19-21(15)20(23(28)26-13-16-8-10-29-11-9-16)14-25-22(19)27-18-6-3-5-17(24)12-18/h2-7,12,14,16H,8-11,13H2,1H3,(H,25,27)(H,26,28). The minimum absolute atomic E-state index is 0.0856. The van der Waals surface area contributed by atoms with Gasteiger partial charge in [-0.1, -0.05) is 35.9 Å². The lowest BCUT2D eigenvalue weighted by Crippen LogP contribution is -2.32. The minimum atomic E-state index is -0.0856. The van der Waals surface area contributed by atoms with Crippen LogP contribution in [0, 0.1) is 12.8 Å². The number of anilines is 2. The van der Waals surface area contributed by atoms with Crippen LogP contribution in [0.4, 0.5) is 11.5 Å². The molecule has 5 nitrogen and oxygen atoms in total. The molecule has 1 aliphatic rings. The van der Waals surface area contributed by atoms with E-state index in [2.05, 4.69) is 15.6 Å². The first-order chi connectivity index (χ1) is 14.1. The third kappa shape index (κ3) is 4.52. The highest BCUT2D eigenvalue weighted by Crippen LogP contribution is 2.30. The van der Waals surface area contributed by atoms with Crippen LogP contribution in [-0.2, 0) is 4.74 Å². The molecule has 3 aromatic rings. The molecule has 0 atom stereocenters. The third-order valence-electron chi connectivity index (χ3n) is 5.34. The van der Waals surface area contributed by atoms with Crippen molar-refractivity contribution in [3.8, 4) is 0 Å². The monoisotopic (exact) mass is 409 g/mol. The van der Waals surface area contributed by atoms with Gasteiger partial charge in [0.2, 0.25) is 0 Å². The van der Waals surface area contributed by atoms with Gasteiger partial charge in [0.1, 0.15) is 5.82 Å². The molecule has 1 aromatic heterocycles. The Balaban J connectivity index is 1.62. The van der Waals surface area contributed by atoms with Gasteiger partial charge < -0.3 is 15.4 Å². The first kappa shape index (κ1) is 19.7. The SMILES string of the molecule is Cc1cccc2c(Nc3cccc(Cl)c3)ncc(C(=O)NCC3CCOCC3)c12. The van der Waals surface area contributed by atoms with Crippen molar-refractivity contribution in [1.29, 1.82) is 0 Å². The molecule has 0 spiro atoms. The first-order valence-electron chi connectivity index (χ1n) is 9.88. The van der Waals surface area contributed by atoms with E-state index in [-0.39, 0.29) is 5.91 Å². The highest BCUT2D eigenvalue weighted by atomic mass is 35.5. The van der Waals surface area contributed by atoms with Crippen LogP contribution in [0.5, 0.6) is 0 Å². The van der Waals surface area contributed by atoms with Crippen molar-refractivity contribution in [2.24, 2.45) is 5.92 Å². The summed E-state index contributed by atoms with van der Waals surface area (Å²) in [5.74, 6) is 1.08. The largest absolute Gasteiger partial charge is 0.381 e. The topological polar surface area (TPSA) is 63.2 Å². The van der Waals surface area contributed by atoms with Crippen LogP contribution in [0.25, 0.3) is 10.8 Å². The highest BCUT2D eigenvalue weighted by Gasteiger charge is 2.18. The molecule has 0 saturated carbocycles. The summed E-state index contributed by atoms with van der Waals surface area (Å²) >= 11 is 6.10. The lowest BCUT2D eigenvalue weighted by atomic mass is 9.99. The number of fused-ring (bicyclic) bond motifs is 1. The molecule has 1 amide bonds. The summed E-state index contributed by atoms with van der Waals surface area (Å²) in [5.41, 5.74) is 2.49. The van der Waals surface area contributed by atoms with Crippen LogP contribution >= 0.6 is 11.6 Å². The summed E-state index contributed by atoms with van der Waals surface area (Å²) in [6, 6.07) is 13.5. The Hall–Kier alpha value is -2.63. The molecule has 0 bridgehead atoms. The Morgan fingerprint density at radius 3 is 2.79 bits per heavy atom. The van der Waals surface area contributed by atoms with E-state index in [0.29, 0.717) is 28.9 Å². The van der Waals surface area contributed by atoms with Crippen molar-refractivity contribution in [2.75, 3.05) is 25.1 Å². The summed E-state index contributed by atoms with van der Waals surface area (Å²) in [6.45, 7) is 4.22. The van der Waals surface area contributed by atoms with E-state index in [1.807, 2.05) is 49.4 Å². The first-order valence-corrected chi connectivity index (χ1v) is 10.3. The fourth-order valence-corrected chi connectivity index (χ4v) is 3.93. The van der Waals surface area contributed by atoms with Crippen LogP contribution in [-0.4, -0.2) is 30.6 Å². The normalized spacial score (nSPS) is 14.7. The molecule has 0 unspecified atom stereocenters. The van der Waals surface area contributed by atoms with Crippen LogP contribution < -0.4 is 10.6 Å². The number of aromatic nitrogens is 1. The fraction of sp³-hybridized carbons (Fsp3) is 0.304. The Bertz CT molecular complexity index is 1030. The molecule has 2 N–H and O–H groups in total. The molecule has 0 radical (unpaired) electrons. The van der Waals surface area contributed by atoms with E-state index >= 15 is 0 Å². The number of carbonyl (C=O) groups is 1. The average molecular weight is 410 g/mol. The summed E-state index contributed by atoms with van der Waals surface area (Å²) in [4.78, 5) is 17.5. The van der Waals surface area contributed by atoms with Gasteiger partial charge in [-0.25, -0.2) is 4.98 Å². The highest BCUT2D eigenvalue weighted by molar-refractivity contribution is 6.30. The number of nitrogens with one attached hydrogen (secondary N) is 2. The fourth-order valence-electron chi connectivity index (χ4n) is 3.74. The van der Waals surface area contributed by atoms with Crippen molar-refractivity contribution in [1.82, 2.24) is 10.3 Å². The van der Waals surface area contributed by atoms with E-state index in [0.717, 1.165) is 48.1 Å². The van der Waals surface area contributed by atoms with Gasteiger partial charge in [0.15, 0.2) is 0 Å². The van der Waals surface area contributed by atoms with Crippen LogP contribution in [0.2, 0.25) is 5.02 Å². The molecule has 0 aliphatic carbocycles. The average Bonchev–Trinajstić information content (AvgIpc) is 2.73. The molecule has 2 aromatic carbocycles. The van der Waals surface area contributed by atoms with E-state index in [1.54, 1.807) is 6.20 Å². The number of halogens is 1. The lowest BCUT2D eigenvalue weighted by molar-refractivity contribution is 0.0643. The zero-order chi connectivity index (χ0) is 20.2. The van der Waals surface area contributed by atoms with E-state index in [1.165, 1.54) is 0 Å². The Labute approximate surface area is 175 Å². The van der Waals surface area contributed by atoms with Crippen molar-refractivity contribution in [2.45, 2.75) is 19.8 Å². The number of amides is 1.